The number of thioether (sulfide) groups is 1. The number of benzene rings is 2. The Balaban J connectivity index is 1.90. The van der Waals surface area contributed by atoms with Gasteiger partial charge in [0.25, 0.3) is 11.8 Å². The summed E-state index contributed by atoms with van der Waals surface area (Å²) in [7, 11) is 0. The van der Waals surface area contributed by atoms with Crippen molar-refractivity contribution in [1.82, 2.24) is 10.2 Å². The number of carbonyl (C=O) groups is 2. The lowest BCUT2D eigenvalue weighted by Gasteiger charge is -2.26. The van der Waals surface area contributed by atoms with Gasteiger partial charge in [-0.1, -0.05) is 25.6 Å². The maximum atomic E-state index is 14.0. The number of alkyl halides is 3. The molecule has 234 valence electrons. The number of nitrogens with one attached hydrogen (secondary N) is 2. The molecule has 2 aromatic rings. The molecule has 5 N–H and O–H groups in total. The summed E-state index contributed by atoms with van der Waals surface area (Å²) in [5.74, 6) is -5.53. The lowest BCUT2D eigenvalue weighted by Crippen LogP contribution is -2.48. The summed E-state index contributed by atoms with van der Waals surface area (Å²) in [6.07, 6.45) is -4.88. The molecule has 3 rings (SSSR count). The smallest absolute Gasteiger partial charge is 0.390 e. The molecule has 0 radical (unpaired) electrons. The number of nitrogens with two attached hydrogens (primary N) is 1. The van der Waals surface area contributed by atoms with Crippen LogP contribution in [0.25, 0.3) is 0 Å². The first-order valence-electron chi connectivity index (χ1n) is 13.6. The monoisotopic (exact) mass is 627 g/mol. The van der Waals surface area contributed by atoms with Crippen LogP contribution in [0.2, 0.25) is 0 Å². The normalized spacial score (nSPS) is 19.1. The van der Waals surface area contributed by atoms with Crippen molar-refractivity contribution in [1.29, 1.82) is 5.41 Å². The molecule has 3 atom stereocenters. The van der Waals surface area contributed by atoms with Gasteiger partial charge in [0.05, 0.1) is 11.6 Å². The molecule has 43 heavy (non-hydrogen) atoms. The Kier molecular flexibility index (Phi) is 10.9. The number of amidine groups is 2. The fourth-order valence-corrected chi connectivity index (χ4v) is 5.71. The average Bonchev–Trinajstić information content (AvgIpc) is 3.65. The summed E-state index contributed by atoms with van der Waals surface area (Å²) in [5.41, 5.74) is 4.58. The zero-order valence-corrected chi connectivity index (χ0v) is 24.7. The van der Waals surface area contributed by atoms with Gasteiger partial charge in [0.2, 0.25) is 5.84 Å². The molecule has 0 aromatic heterocycles. The number of hydrogen-bond acceptors (Lipinski definition) is 5. The van der Waals surface area contributed by atoms with Gasteiger partial charge in [-0.25, -0.2) is 13.8 Å². The van der Waals surface area contributed by atoms with Crippen LogP contribution in [0.5, 0.6) is 0 Å². The standard InChI is InChI=1S/C29H34F5N5O3S/c1-4-6-39(7-5-2)25(42)19-9-16(3)8-18(10-19)24(41)38-28(14-22(28)17-11-20(30)13-21(31)12-17)23(40)15-43-27(36)37-26(35)29(32,33)34/h8-13,22-23,40H,4-7,14-15H2,1-3H3,(H,38,41)(H3,35,36,37)/t22-,23-,28+/m0/s1. The van der Waals surface area contributed by atoms with Crippen LogP contribution in [0.1, 0.15) is 70.9 Å². The van der Waals surface area contributed by atoms with Crippen molar-refractivity contribution in [2.45, 2.75) is 63.8 Å². The van der Waals surface area contributed by atoms with Crippen LogP contribution in [0.3, 0.4) is 0 Å². The van der Waals surface area contributed by atoms with E-state index in [0.29, 0.717) is 42.0 Å². The predicted molar refractivity (Wildman–Crippen MR) is 155 cm³/mol. The number of aliphatic hydroxyl groups excluding tert-OH is 1. The van der Waals surface area contributed by atoms with Crippen molar-refractivity contribution >= 4 is 34.6 Å². The van der Waals surface area contributed by atoms with Crippen molar-refractivity contribution in [3.8, 4) is 0 Å². The first-order chi connectivity index (χ1) is 20.1. The SMILES string of the molecule is CCCN(CCC)C(=O)c1cc(C)cc(C(=O)N[C@]2([C@@H](O)CSC(=N)N=C(N)C(F)(F)F)C[C@H]2c2cc(F)cc(F)c2)c1. The van der Waals surface area contributed by atoms with E-state index in [0.717, 1.165) is 25.0 Å². The van der Waals surface area contributed by atoms with E-state index in [1.54, 1.807) is 24.0 Å². The minimum atomic E-state index is -4.94. The van der Waals surface area contributed by atoms with Crippen LogP contribution >= 0.6 is 11.8 Å². The van der Waals surface area contributed by atoms with E-state index >= 15 is 0 Å². The molecule has 8 nitrogen and oxygen atoms in total. The number of aryl methyl sites for hydroxylation is 1. The maximum Gasteiger partial charge on any atom is 0.449 e. The van der Waals surface area contributed by atoms with Crippen LogP contribution in [0.4, 0.5) is 22.0 Å². The van der Waals surface area contributed by atoms with Crippen molar-refractivity contribution in [3.05, 3.63) is 70.3 Å². The van der Waals surface area contributed by atoms with Crippen LogP contribution in [-0.2, 0) is 0 Å². The minimum Gasteiger partial charge on any atom is -0.390 e. The summed E-state index contributed by atoms with van der Waals surface area (Å²) in [6.45, 7) is 6.68. The molecule has 0 spiro atoms. The first kappa shape index (κ1) is 34.0. The molecule has 14 heteroatoms. The van der Waals surface area contributed by atoms with Gasteiger partial charge in [-0.05, 0) is 67.6 Å². The van der Waals surface area contributed by atoms with Crippen molar-refractivity contribution in [2.24, 2.45) is 10.7 Å². The summed E-state index contributed by atoms with van der Waals surface area (Å²) in [4.78, 5) is 31.4. The second-order valence-corrected chi connectivity index (χ2v) is 11.5. The van der Waals surface area contributed by atoms with E-state index in [-0.39, 0.29) is 29.2 Å². The molecule has 0 saturated heterocycles. The Morgan fingerprint density at radius 1 is 1.12 bits per heavy atom. The van der Waals surface area contributed by atoms with E-state index in [1.165, 1.54) is 6.07 Å². The van der Waals surface area contributed by atoms with Crippen molar-refractivity contribution < 1.29 is 36.6 Å². The van der Waals surface area contributed by atoms with Gasteiger partial charge in [-0.15, -0.1) is 0 Å². The van der Waals surface area contributed by atoms with E-state index in [1.807, 2.05) is 13.8 Å². The third kappa shape index (κ3) is 8.53. The second-order valence-electron chi connectivity index (χ2n) is 10.5. The van der Waals surface area contributed by atoms with E-state index < -0.39 is 52.3 Å². The van der Waals surface area contributed by atoms with Crippen LogP contribution < -0.4 is 11.1 Å². The number of hydrogen-bond donors (Lipinski definition) is 4. The summed E-state index contributed by atoms with van der Waals surface area (Å²) < 4.78 is 66.2. The van der Waals surface area contributed by atoms with Crippen molar-refractivity contribution in [3.63, 3.8) is 0 Å². The number of halogens is 5. The predicted octanol–water partition coefficient (Wildman–Crippen LogP) is 5.14. The first-order valence-corrected chi connectivity index (χ1v) is 14.6. The minimum absolute atomic E-state index is 0.0447. The summed E-state index contributed by atoms with van der Waals surface area (Å²) in [5, 5.41) is 20.8. The number of carbonyl (C=O) groups excluding carboxylic acids is 2. The molecule has 0 aliphatic heterocycles. The molecular weight excluding hydrogens is 593 g/mol. The number of aliphatic hydroxyl groups is 1. The summed E-state index contributed by atoms with van der Waals surface area (Å²) >= 11 is 0.460. The molecule has 1 saturated carbocycles. The Morgan fingerprint density at radius 2 is 1.70 bits per heavy atom. The molecule has 1 fully saturated rings. The highest BCUT2D eigenvalue weighted by atomic mass is 32.2. The largest absolute Gasteiger partial charge is 0.449 e. The molecule has 1 aliphatic carbocycles. The van der Waals surface area contributed by atoms with E-state index in [2.05, 4.69) is 10.3 Å². The van der Waals surface area contributed by atoms with Gasteiger partial charge in [0, 0.05) is 42.0 Å². The third-order valence-corrected chi connectivity index (χ3v) is 7.83. The third-order valence-electron chi connectivity index (χ3n) is 6.98. The van der Waals surface area contributed by atoms with Gasteiger partial charge in [0.15, 0.2) is 5.17 Å². The number of rotatable bonds is 11. The highest BCUT2D eigenvalue weighted by Crippen LogP contribution is 2.54. The Morgan fingerprint density at radius 3 is 2.26 bits per heavy atom. The zero-order chi connectivity index (χ0) is 32.1. The lowest BCUT2D eigenvalue weighted by molar-refractivity contribution is -0.0597. The maximum absolute atomic E-state index is 14.0. The van der Waals surface area contributed by atoms with Gasteiger partial charge < -0.3 is 21.1 Å². The van der Waals surface area contributed by atoms with Crippen LogP contribution in [0, 0.1) is 24.0 Å². The second kappa shape index (κ2) is 13.8. The summed E-state index contributed by atoms with van der Waals surface area (Å²) in [6, 6.07) is 7.45. The molecule has 0 bridgehead atoms. The van der Waals surface area contributed by atoms with Crippen LogP contribution in [0.15, 0.2) is 41.4 Å². The zero-order valence-electron chi connectivity index (χ0n) is 23.9. The van der Waals surface area contributed by atoms with Gasteiger partial charge >= 0.3 is 6.18 Å². The fourth-order valence-electron chi connectivity index (χ4n) is 4.93. The highest BCUT2D eigenvalue weighted by Gasteiger charge is 2.60. The Labute approximate surface area is 250 Å². The Bertz CT molecular complexity index is 1380. The van der Waals surface area contributed by atoms with Crippen molar-refractivity contribution in [2.75, 3.05) is 18.8 Å². The van der Waals surface area contributed by atoms with E-state index in [4.69, 9.17) is 11.1 Å². The molecular formula is C29H34F5N5O3S. The number of amides is 2. The van der Waals surface area contributed by atoms with Gasteiger partial charge in [-0.2, -0.15) is 13.2 Å². The molecule has 1 aliphatic rings. The molecule has 0 unspecified atom stereocenters. The molecule has 2 aromatic carbocycles. The molecule has 0 heterocycles. The Hall–Kier alpha value is -3.52. The lowest BCUT2D eigenvalue weighted by atomic mass is 10.00. The van der Waals surface area contributed by atoms with Crippen LogP contribution in [-0.4, -0.2) is 69.5 Å². The number of aliphatic imine (C=N–C) groups is 1. The quantitative estimate of drug-likeness (QED) is 0.156. The van der Waals surface area contributed by atoms with Gasteiger partial charge in [0.1, 0.15) is 11.6 Å². The average molecular weight is 628 g/mol. The number of nitrogens with zero attached hydrogens (tertiary/aromatic N) is 2. The topological polar surface area (TPSA) is 132 Å². The fraction of sp³-hybridized carbons (Fsp3) is 0.448. The molecule has 2 amide bonds. The highest BCUT2D eigenvalue weighted by molar-refractivity contribution is 8.13. The van der Waals surface area contributed by atoms with E-state index in [9.17, 15) is 36.6 Å². The van der Waals surface area contributed by atoms with Gasteiger partial charge in [-0.3, -0.25) is 15.0 Å².